The van der Waals surface area contributed by atoms with E-state index in [-0.39, 0.29) is 17.4 Å². The van der Waals surface area contributed by atoms with Gasteiger partial charge in [0, 0.05) is 50.2 Å². The Morgan fingerprint density at radius 1 is 1.15 bits per heavy atom. The van der Waals surface area contributed by atoms with E-state index in [4.69, 9.17) is 19.0 Å². The summed E-state index contributed by atoms with van der Waals surface area (Å²) in [6.07, 6.45) is 11.9. The highest BCUT2D eigenvalue weighted by molar-refractivity contribution is 5.73. The van der Waals surface area contributed by atoms with Crippen LogP contribution in [0.2, 0.25) is 0 Å². The van der Waals surface area contributed by atoms with Crippen LogP contribution in [-0.2, 0) is 15.9 Å². The van der Waals surface area contributed by atoms with Gasteiger partial charge in [-0.2, -0.15) is 4.98 Å². The number of nitrogens with one attached hydrogen (secondary N) is 1. The van der Waals surface area contributed by atoms with Crippen LogP contribution in [0.25, 0.3) is 22.6 Å². The summed E-state index contributed by atoms with van der Waals surface area (Å²) >= 11 is 0. The number of nitrogens with zero attached hydrogens (tertiary/aromatic N) is 2. The molecule has 7 heteroatoms. The molecule has 4 atom stereocenters. The molecule has 2 aromatic carbocycles. The molecule has 3 aromatic rings. The van der Waals surface area contributed by atoms with Gasteiger partial charge >= 0.3 is 0 Å². The number of allylic oxidation sites excluding steroid dienone is 2. The van der Waals surface area contributed by atoms with Crippen LogP contribution in [0.1, 0.15) is 67.8 Å². The minimum absolute atomic E-state index is 0.0126. The van der Waals surface area contributed by atoms with Gasteiger partial charge in [0.05, 0.1) is 5.60 Å². The molecule has 0 radical (unpaired) electrons. The zero-order chi connectivity index (χ0) is 28.5. The number of rotatable bonds is 13. The molecule has 2 fully saturated rings. The molecule has 4 unspecified atom stereocenters. The first-order valence-electron chi connectivity index (χ1n) is 15.1. The monoisotopic (exact) mass is 557 g/mol. The zero-order valence-corrected chi connectivity index (χ0v) is 24.6. The highest BCUT2D eigenvalue weighted by Gasteiger charge is 2.74. The van der Waals surface area contributed by atoms with Gasteiger partial charge in [0.2, 0.25) is 0 Å². The molecule has 0 bridgehead atoms. The average molecular weight is 558 g/mol. The highest BCUT2D eigenvalue weighted by Crippen LogP contribution is 2.75. The van der Waals surface area contributed by atoms with Gasteiger partial charge in [-0.1, -0.05) is 47.6 Å². The highest BCUT2D eigenvalue weighted by atomic mass is 16.5. The minimum Gasteiger partial charge on any atom is -0.385 e. The molecule has 2 saturated carbocycles. The minimum atomic E-state index is -0.569. The summed E-state index contributed by atoms with van der Waals surface area (Å²) in [6, 6.07) is 14.9. The van der Waals surface area contributed by atoms with E-state index < -0.39 is 6.23 Å². The van der Waals surface area contributed by atoms with Gasteiger partial charge in [-0.25, -0.2) is 0 Å². The van der Waals surface area contributed by atoms with Crippen molar-refractivity contribution in [3.8, 4) is 22.6 Å². The van der Waals surface area contributed by atoms with Gasteiger partial charge < -0.3 is 19.1 Å². The molecule has 7 nitrogen and oxygen atoms in total. The molecule has 218 valence electrons. The molecular weight excluding hydrogens is 514 g/mol. The van der Waals surface area contributed by atoms with Gasteiger partial charge in [-0.05, 0) is 92.7 Å². The van der Waals surface area contributed by atoms with E-state index in [0.29, 0.717) is 23.7 Å². The van der Waals surface area contributed by atoms with Crippen molar-refractivity contribution in [3.63, 3.8) is 0 Å². The largest absolute Gasteiger partial charge is 0.385 e. The summed E-state index contributed by atoms with van der Waals surface area (Å²) in [4.78, 5) is 4.82. The maximum atomic E-state index is 11.0. The molecule has 1 heterocycles. The van der Waals surface area contributed by atoms with E-state index in [1.807, 2.05) is 7.11 Å². The van der Waals surface area contributed by atoms with Crippen molar-refractivity contribution in [2.45, 2.75) is 76.0 Å². The molecule has 0 saturated heterocycles. The summed E-state index contributed by atoms with van der Waals surface area (Å²) in [6.45, 7) is 3.63. The number of aromatic nitrogens is 2. The molecule has 0 amide bonds. The van der Waals surface area contributed by atoms with Gasteiger partial charge in [0.25, 0.3) is 5.89 Å². The Morgan fingerprint density at radius 3 is 2.76 bits per heavy atom. The van der Waals surface area contributed by atoms with E-state index in [1.54, 1.807) is 7.11 Å². The maximum absolute atomic E-state index is 11.0. The number of methoxy groups -OCH3 is 2. The standard InChI is InChI=1S/C34H43N3O4/c1-23-8-4-5-12-28(23)29-14-13-27(20-24(29)11-7-19-39-2)32-36-30(37-41-32)25-9-6-10-26(21-25)31(38)35-18-17-34(40-3)22-33(34)15-16-33/h4-6,8-9,12-14,20,25-26,31,35,38H,7,10-11,15-19,21-22H2,1-3H3. The van der Waals surface area contributed by atoms with E-state index in [1.165, 1.54) is 41.5 Å². The molecule has 2 N–H and O–H groups in total. The Balaban J connectivity index is 1.12. The zero-order valence-electron chi connectivity index (χ0n) is 24.6. The van der Waals surface area contributed by atoms with Crippen molar-refractivity contribution in [1.29, 1.82) is 0 Å². The van der Waals surface area contributed by atoms with Crippen molar-refractivity contribution in [3.05, 3.63) is 71.6 Å². The summed E-state index contributed by atoms with van der Waals surface area (Å²) in [5.41, 5.74) is 6.38. The molecule has 1 aromatic heterocycles. The van der Waals surface area contributed by atoms with Gasteiger partial charge in [0.15, 0.2) is 5.82 Å². The Hall–Kier alpha value is -2.84. The van der Waals surface area contributed by atoms with Crippen LogP contribution in [0.15, 0.2) is 59.1 Å². The van der Waals surface area contributed by atoms with Crippen LogP contribution in [0.3, 0.4) is 0 Å². The lowest BCUT2D eigenvalue weighted by molar-refractivity contribution is 0.0360. The second-order valence-corrected chi connectivity index (χ2v) is 12.3. The predicted octanol–water partition coefficient (Wildman–Crippen LogP) is 6.21. The van der Waals surface area contributed by atoms with Crippen LogP contribution in [0.4, 0.5) is 0 Å². The van der Waals surface area contributed by atoms with Crippen LogP contribution in [-0.4, -0.2) is 54.4 Å². The molecule has 1 spiro atoms. The molecule has 3 aliphatic carbocycles. The Morgan fingerprint density at radius 2 is 2.00 bits per heavy atom. The van der Waals surface area contributed by atoms with Crippen LogP contribution in [0, 0.1) is 18.3 Å². The average Bonchev–Trinajstić information content (AvgIpc) is 3.84. The molecule has 3 aliphatic rings. The Kier molecular flexibility index (Phi) is 8.14. The number of aryl methyl sites for hydroxylation is 2. The normalized spacial score (nSPS) is 25.0. The first kappa shape index (κ1) is 28.3. The van der Waals surface area contributed by atoms with Crippen molar-refractivity contribution < 1.29 is 19.1 Å². The number of hydrogen-bond acceptors (Lipinski definition) is 7. The Labute approximate surface area is 243 Å². The summed E-state index contributed by atoms with van der Waals surface area (Å²) < 4.78 is 17.0. The third kappa shape index (κ3) is 5.78. The van der Waals surface area contributed by atoms with Crippen LogP contribution in [0.5, 0.6) is 0 Å². The first-order chi connectivity index (χ1) is 20.0. The van der Waals surface area contributed by atoms with Crippen LogP contribution >= 0.6 is 0 Å². The summed E-state index contributed by atoms with van der Waals surface area (Å²) in [5.74, 6) is 1.31. The van der Waals surface area contributed by atoms with E-state index in [9.17, 15) is 5.11 Å². The van der Waals surface area contributed by atoms with E-state index in [0.717, 1.165) is 44.2 Å². The Bertz CT molecular complexity index is 1380. The fraction of sp³-hybridized carbons (Fsp3) is 0.529. The van der Waals surface area contributed by atoms with Gasteiger partial charge in [-0.15, -0.1) is 0 Å². The van der Waals surface area contributed by atoms with Crippen molar-refractivity contribution in [1.82, 2.24) is 15.5 Å². The molecule has 41 heavy (non-hydrogen) atoms. The van der Waals surface area contributed by atoms with Crippen LogP contribution < -0.4 is 5.32 Å². The quantitative estimate of drug-likeness (QED) is 0.147. The smallest absolute Gasteiger partial charge is 0.257 e. The third-order valence-corrected chi connectivity index (χ3v) is 9.76. The molecular formula is C34H43N3O4. The van der Waals surface area contributed by atoms with Crippen molar-refractivity contribution >= 4 is 0 Å². The third-order valence-electron chi connectivity index (χ3n) is 9.76. The lowest BCUT2D eigenvalue weighted by Crippen LogP contribution is -2.39. The van der Waals surface area contributed by atoms with Crippen molar-refractivity contribution in [2.24, 2.45) is 11.3 Å². The number of ether oxygens (including phenoxy) is 2. The summed E-state index contributed by atoms with van der Waals surface area (Å²) in [5, 5.41) is 18.7. The fourth-order valence-electron chi connectivity index (χ4n) is 6.97. The SMILES string of the molecule is COCCCc1cc(-c2nc(C3C=CCC(C(O)NCCC4(OC)CC45CC5)C3)no2)ccc1-c1ccccc1C. The second-order valence-electron chi connectivity index (χ2n) is 12.3. The number of hydrogen-bond donors (Lipinski definition) is 2. The first-order valence-corrected chi connectivity index (χ1v) is 15.1. The topological polar surface area (TPSA) is 89.6 Å². The number of aliphatic hydroxyl groups is 1. The van der Waals surface area contributed by atoms with E-state index in [2.05, 4.69) is 72.0 Å². The predicted molar refractivity (Wildman–Crippen MR) is 159 cm³/mol. The number of benzene rings is 2. The summed E-state index contributed by atoms with van der Waals surface area (Å²) in [7, 11) is 3.57. The van der Waals surface area contributed by atoms with Gasteiger partial charge in [-0.3, -0.25) is 5.32 Å². The van der Waals surface area contributed by atoms with E-state index >= 15 is 0 Å². The number of aliphatic hydroxyl groups excluding tert-OH is 1. The lowest BCUT2D eigenvalue weighted by atomic mass is 9.85. The van der Waals surface area contributed by atoms with Crippen molar-refractivity contribution in [2.75, 3.05) is 27.4 Å². The van der Waals surface area contributed by atoms with Gasteiger partial charge in [0.1, 0.15) is 6.23 Å². The molecule has 6 rings (SSSR count). The molecule has 0 aliphatic heterocycles. The lowest BCUT2D eigenvalue weighted by Gasteiger charge is -2.28. The fourth-order valence-corrected chi connectivity index (χ4v) is 6.97. The maximum Gasteiger partial charge on any atom is 0.257 e. The second kappa shape index (κ2) is 11.8.